The van der Waals surface area contributed by atoms with Crippen molar-refractivity contribution in [2.45, 2.75) is 12.7 Å². The molecule has 5 heteroatoms. The second kappa shape index (κ2) is 4.96. The highest BCUT2D eigenvalue weighted by molar-refractivity contribution is 4.97. The maximum atomic E-state index is 8.96. The van der Waals surface area contributed by atoms with Crippen LogP contribution in [0.5, 0.6) is 0 Å². The summed E-state index contributed by atoms with van der Waals surface area (Å²) in [6.45, 7) is 0.265. The van der Waals surface area contributed by atoms with Gasteiger partial charge in [-0.2, -0.15) is 5.10 Å². The fourth-order valence-electron chi connectivity index (χ4n) is 0.895. The molecule has 1 aromatic rings. The van der Waals surface area contributed by atoms with E-state index in [9.17, 15) is 0 Å². The Kier molecular flexibility index (Phi) is 3.88. The Bertz CT molecular complexity index is 249. The smallest absolute Gasteiger partial charge is 0.100 e. The summed E-state index contributed by atoms with van der Waals surface area (Å²) >= 11 is 0. The molecule has 0 fully saturated rings. The van der Waals surface area contributed by atoms with Gasteiger partial charge < -0.3 is 14.9 Å². The molecule has 0 spiro atoms. The van der Waals surface area contributed by atoms with Crippen LogP contribution in [0.25, 0.3) is 0 Å². The van der Waals surface area contributed by atoms with Gasteiger partial charge in [0.15, 0.2) is 0 Å². The van der Waals surface area contributed by atoms with Gasteiger partial charge in [0, 0.05) is 13.2 Å². The molecule has 0 bridgehead atoms. The van der Waals surface area contributed by atoms with Crippen molar-refractivity contribution in [3.63, 3.8) is 0 Å². The van der Waals surface area contributed by atoms with Crippen LogP contribution >= 0.6 is 0 Å². The molecule has 1 aromatic heterocycles. The molecule has 0 radical (unpaired) electrons. The van der Waals surface area contributed by atoms with Crippen molar-refractivity contribution in [2.75, 3.05) is 13.2 Å². The molecule has 0 aliphatic rings. The topological polar surface area (TPSA) is 67.5 Å². The molecule has 74 valence electrons. The van der Waals surface area contributed by atoms with Crippen LogP contribution in [0, 0.1) is 0 Å². The Morgan fingerprint density at radius 1 is 1.69 bits per heavy atom. The van der Waals surface area contributed by atoms with E-state index in [0.29, 0.717) is 6.61 Å². The van der Waals surface area contributed by atoms with E-state index < -0.39 is 6.10 Å². The van der Waals surface area contributed by atoms with E-state index >= 15 is 0 Å². The number of aryl methyl sites for hydroxylation is 1. The lowest BCUT2D eigenvalue weighted by atomic mass is 10.4. The Morgan fingerprint density at radius 3 is 3.00 bits per heavy atom. The van der Waals surface area contributed by atoms with E-state index in [1.54, 1.807) is 10.9 Å². The second-order valence-electron chi connectivity index (χ2n) is 2.80. The molecule has 0 saturated heterocycles. The SMILES string of the molecule is Cn1nccc1COCC(O)CO. The van der Waals surface area contributed by atoms with Crippen LogP contribution in [0.15, 0.2) is 12.3 Å². The van der Waals surface area contributed by atoms with Crippen molar-refractivity contribution in [2.24, 2.45) is 7.05 Å². The molecule has 5 nitrogen and oxygen atoms in total. The summed E-state index contributed by atoms with van der Waals surface area (Å²) in [5.41, 5.74) is 0.935. The molecular weight excluding hydrogens is 172 g/mol. The molecular formula is C8H14N2O3. The lowest BCUT2D eigenvalue weighted by Gasteiger charge is -2.07. The van der Waals surface area contributed by atoms with Gasteiger partial charge >= 0.3 is 0 Å². The minimum absolute atomic E-state index is 0.141. The average molecular weight is 186 g/mol. The quantitative estimate of drug-likeness (QED) is 0.637. The number of hydrogen-bond donors (Lipinski definition) is 2. The number of aliphatic hydroxyl groups is 2. The Balaban J connectivity index is 2.24. The Labute approximate surface area is 76.6 Å². The Morgan fingerprint density at radius 2 is 2.46 bits per heavy atom. The van der Waals surface area contributed by atoms with E-state index in [-0.39, 0.29) is 13.2 Å². The van der Waals surface area contributed by atoms with Gasteiger partial charge in [0.1, 0.15) is 6.10 Å². The normalized spacial score (nSPS) is 13.2. The lowest BCUT2D eigenvalue weighted by Crippen LogP contribution is -2.19. The zero-order chi connectivity index (χ0) is 9.68. The van der Waals surface area contributed by atoms with Crippen LogP contribution < -0.4 is 0 Å². The fourth-order valence-corrected chi connectivity index (χ4v) is 0.895. The van der Waals surface area contributed by atoms with Gasteiger partial charge in [0.2, 0.25) is 0 Å². The number of hydrogen-bond acceptors (Lipinski definition) is 4. The van der Waals surface area contributed by atoms with E-state index in [0.717, 1.165) is 5.69 Å². The van der Waals surface area contributed by atoms with Crippen LogP contribution in [0.1, 0.15) is 5.69 Å². The third-order valence-electron chi connectivity index (χ3n) is 1.69. The predicted octanol–water partition coefficient (Wildman–Crippen LogP) is -0.710. The lowest BCUT2D eigenvalue weighted by molar-refractivity contribution is -0.00155. The maximum Gasteiger partial charge on any atom is 0.100 e. The molecule has 0 amide bonds. The number of ether oxygens (including phenoxy) is 1. The third-order valence-corrected chi connectivity index (χ3v) is 1.69. The van der Waals surface area contributed by atoms with E-state index in [1.807, 2.05) is 13.1 Å². The van der Waals surface area contributed by atoms with Gasteiger partial charge in [0.05, 0.1) is 25.5 Å². The first-order chi connectivity index (χ1) is 6.24. The predicted molar refractivity (Wildman–Crippen MR) is 46.0 cm³/mol. The zero-order valence-corrected chi connectivity index (χ0v) is 7.55. The highest BCUT2D eigenvalue weighted by atomic mass is 16.5. The van der Waals surface area contributed by atoms with Crippen molar-refractivity contribution < 1.29 is 14.9 Å². The van der Waals surface area contributed by atoms with Crippen LogP contribution in [-0.4, -0.2) is 39.3 Å². The molecule has 1 unspecified atom stereocenters. The summed E-state index contributed by atoms with van der Waals surface area (Å²) in [4.78, 5) is 0. The molecule has 1 atom stereocenters. The zero-order valence-electron chi connectivity index (χ0n) is 7.55. The van der Waals surface area contributed by atoms with Crippen LogP contribution in [0.4, 0.5) is 0 Å². The monoisotopic (exact) mass is 186 g/mol. The highest BCUT2D eigenvalue weighted by Gasteiger charge is 2.03. The average Bonchev–Trinajstić information content (AvgIpc) is 2.52. The first kappa shape index (κ1) is 10.2. The number of aliphatic hydroxyl groups excluding tert-OH is 2. The van der Waals surface area contributed by atoms with Gasteiger partial charge in [-0.15, -0.1) is 0 Å². The summed E-state index contributed by atoms with van der Waals surface area (Å²) in [7, 11) is 1.82. The van der Waals surface area contributed by atoms with Crippen LogP contribution in [-0.2, 0) is 18.4 Å². The first-order valence-corrected chi connectivity index (χ1v) is 4.07. The van der Waals surface area contributed by atoms with Crippen molar-refractivity contribution >= 4 is 0 Å². The van der Waals surface area contributed by atoms with Gasteiger partial charge in [0.25, 0.3) is 0 Å². The number of rotatable bonds is 5. The van der Waals surface area contributed by atoms with Crippen molar-refractivity contribution in [3.8, 4) is 0 Å². The number of nitrogens with zero attached hydrogens (tertiary/aromatic N) is 2. The second-order valence-corrected chi connectivity index (χ2v) is 2.80. The summed E-state index contributed by atoms with van der Waals surface area (Å²) < 4.78 is 6.84. The fraction of sp³-hybridized carbons (Fsp3) is 0.625. The molecule has 0 aliphatic heterocycles. The minimum Gasteiger partial charge on any atom is -0.394 e. The molecule has 1 heterocycles. The molecule has 1 rings (SSSR count). The van der Waals surface area contributed by atoms with Gasteiger partial charge in [-0.05, 0) is 6.07 Å². The van der Waals surface area contributed by atoms with E-state index in [1.165, 1.54) is 0 Å². The van der Waals surface area contributed by atoms with Crippen molar-refractivity contribution in [1.82, 2.24) is 9.78 Å². The summed E-state index contributed by atoms with van der Waals surface area (Å²) in [5, 5.41) is 21.4. The summed E-state index contributed by atoms with van der Waals surface area (Å²) in [5.74, 6) is 0. The van der Waals surface area contributed by atoms with Crippen molar-refractivity contribution in [1.29, 1.82) is 0 Å². The molecule has 0 aliphatic carbocycles. The van der Waals surface area contributed by atoms with Gasteiger partial charge in [-0.3, -0.25) is 4.68 Å². The van der Waals surface area contributed by atoms with Crippen LogP contribution in [0.3, 0.4) is 0 Å². The molecule has 2 N–H and O–H groups in total. The maximum absolute atomic E-state index is 8.96. The standard InChI is InChI=1S/C8H14N2O3/c1-10-7(2-3-9-10)5-13-6-8(12)4-11/h2-3,8,11-12H,4-6H2,1H3. The van der Waals surface area contributed by atoms with Crippen LogP contribution in [0.2, 0.25) is 0 Å². The largest absolute Gasteiger partial charge is 0.394 e. The third kappa shape index (κ3) is 3.14. The first-order valence-electron chi connectivity index (χ1n) is 4.07. The summed E-state index contributed by atoms with van der Waals surface area (Å²) in [6, 6.07) is 1.84. The molecule has 0 aromatic carbocycles. The van der Waals surface area contributed by atoms with E-state index in [2.05, 4.69) is 5.10 Å². The van der Waals surface area contributed by atoms with Gasteiger partial charge in [-0.25, -0.2) is 0 Å². The highest BCUT2D eigenvalue weighted by Crippen LogP contribution is 1.98. The minimum atomic E-state index is -0.798. The Hall–Kier alpha value is -0.910. The summed E-state index contributed by atoms with van der Waals surface area (Å²) in [6.07, 6.45) is 0.884. The number of aromatic nitrogens is 2. The van der Waals surface area contributed by atoms with E-state index in [4.69, 9.17) is 14.9 Å². The molecule has 0 saturated carbocycles. The molecule has 13 heavy (non-hydrogen) atoms. The van der Waals surface area contributed by atoms with Gasteiger partial charge in [-0.1, -0.05) is 0 Å². The van der Waals surface area contributed by atoms with Crippen molar-refractivity contribution in [3.05, 3.63) is 18.0 Å².